The van der Waals surface area contributed by atoms with E-state index in [0.29, 0.717) is 33.4 Å². The molecule has 1 amide bonds. The number of nitrogens with one attached hydrogen (secondary N) is 1. The molecule has 0 bridgehead atoms. The van der Waals surface area contributed by atoms with E-state index in [-0.39, 0.29) is 16.9 Å². The Morgan fingerprint density at radius 2 is 1.89 bits per heavy atom. The van der Waals surface area contributed by atoms with E-state index in [1.54, 1.807) is 49.0 Å². The Labute approximate surface area is 212 Å². The van der Waals surface area contributed by atoms with Crippen molar-refractivity contribution >= 4 is 28.1 Å². The van der Waals surface area contributed by atoms with Crippen LogP contribution in [-0.2, 0) is 0 Å². The molecule has 5 aromatic rings. The molecule has 3 heterocycles. The molecule has 0 aliphatic carbocycles. The van der Waals surface area contributed by atoms with Crippen LogP contribution >= 0.6 is 0 Å². The highest BCUT2D eigenvalue weighted by Crippen LogP contribution is 2.24. The summed E-state index contributed by atoms with van der Waals surface area (Å²) in [5.74, 6) is 5.23. The van der Waals surface area contributed by atoms with Gasteiger partial charge in [-0.2, -0.15) is 0 Å². The van der Waals surface area contributed by atoms with E-state index in [2.05, 4.69) is 27.2 Å². The second-order valence-electron chi connectivity index (χ2n) is 8.60. The van der Waals surface area contributed by atoms with Crippen LogP contribution in [0.25, 0.3) is 22.1 Å². The maximum atomic E-state index is 13.9. The number of aliphatic hydroxyl groups is 1. The summed E-state index contributed by atoms with van der Waals surface area (Å²) in [4.78, 5) is 31.5. The number of aromatic nitrogens is 4. The number of nitrogens with zero attached hydrogens (tertiary/aromatic N) is 4. The van der Waals surface area contributed by atoms with Gasteiger partial charge in [-0.1, -0.05) is 42.2 Å². The van der Waals surface area contributed by atoms with E-state index in [9.17, 15) is 14.7 Å². The van der Waals surface area contributed by atoms with Crippen LogP contribution in [0.1, 0.15) is 41.5 Å². The topological polar surface area (TPSA) is 128 Å². The highest BCUT2D eigenvalue weighted by atomic mass is 16.3. The Balaban J connectivity index is 1.66. The van der Waals surface area contributed by atoms with Gasteiger partial charge in [0.15, 0.2) is 11.5 Å². The molecular weight excluding hydrogens is 468 g/mol. The Morgan fingerprint density at radius 3 is 2.65 bits per heavy atom. The van der Waals surface area contributed by atoms with Gasteiger partial charge in [-0.05, 0) is 49.6 Å². The van der Waals surface area contributed by atoms with E-state index < -0.39 is 18.1 Å². The third-order valence-corrected chi connectivity index (χ3v) is 5.95. The van der Waals surface area contributed by atoms with Crippen LogP contribution in [0.2, 0.25) is 0 Å². The molecule has 37 heavy (non-hydrogen) atoms. The number of amides is 1. The maximum absolute atomic E-state index is 13.9. The van der Waals surface area contributed by atoms with Crippen LogP contribution in [-0.4, -0.2) is 36.3 Å². The first kappa shape index (κ1) is 23.8. The summed E-state index contributed by atoms with van der Waals surface area (Å²) < 4.78 is 3.01. The first-order valence-electron chi connectivity index (χ1n) is 11.7. The second kappa shape index (κ2) is 9.60. The standard InChI is InChI=1S/C28H24N6O3/c1-17(35)12-13-19-8-6-9-20-16-22(34(28(37)23(19)20)21-10-4-3-5-11-21)18(2)31-27(36)24-25(29)32-33-15-7-14-30-26(24)33/h3-11,14-18,35H,1-2H3,(H2,29,32)(H,31,36)/t17-,18+/m0/s1. The minimum atomic E-state index is -0.831. The first-order chi connectivity index (χ1) is 17.8. The van der Waals surface area contributed by atoms with Gasteiger partial charge in [0.1, 0.15) is 11.7 Å². The number of anilines is 1. The Bertz CT molecular complexity index is 1760. The molecule has 184 valence electrons. The largest absolute Gasteiger partial charge is 0.381 e. The molecule has 5 rings (SSSR count). The summed E-state index contributed by atoms with van der Waals surface area (Å²) in [6, 6.07) is 17.5. The zero-order chi connectivity index (χ0) is 26.1. The summed E-state index contributed by atoms with van der Waals surface area (Å²) in [6.07, 6.45) is 2.39. The zero-order valence-corrected chi connectivity index (χ0v) is 20.2. The monoisotopic (exact) mass is 492 g/mol. The van der Waals surface area contributed by atoms with E-state index in [1.165, 1.54) is 4.52 Å². The Morgan fingerprint density at radius 1 is 1.11 bits per heavy atom. The first-order valence-corrected chi connectivity index (χ1v) is 11.7. The van der Waals surface area contributed by atoms with Gasteiger partial charge in [0.05, 0.1) is 11.4 Å². The number of carbonyl (C=O) groups excluding carboxylic acids is 1. The fraction of sp³-hybridized carbons (Fsp3) is 0.143. The number of nitrogen functional groups attached to an aromatic ring is 1. The number of rotatable bonds is 4. The van der Waals surface area contributed by atoms with Crippen LogP contribution in [0.5, 0.6) is 0 Å². The van der Waals surface area contributed by atoms with Crippen molar-refractivity contribution in [2.75, 3.05) is 5.73 Å². The van der Waals surface area contributed by atoms with Gasteiger partial charge >= 0.3 is 0 Å². The van der Waals surface area contributed by atoms with Gasteiger partial charge in [0.2, 0.25) is 0 Å². The Kier molecular flexibility index (Phi) is 6.17. The van der Waals surface area contributed by atoms with Crippen LogP contribution in [0.15, 0.2) is 77.9 Å². The van der Waals surface area contributed by atoms with Gasteiger partial charge in [-0.25, -0.2) is 9.50 Å². The van der Waals surface area contributed by atoms with Crippen molar-refractivity contribution in [3.8, 4) is 17.5 Å². The third kappa shape index (κ3) is 4.42. The lowest BCUT2D eigenvalue weighted by Crippen LogP contribution is -2.32. The smallest absolute Gasteiger partial charge is 0.264 e. The number of carbonyl (C=O) groups is 1. The van der Waals surface area contributed by atoms with E-state index >= 15 is 0 Å². The van der Waals surface area contributed by atoms with Gasteiger partial charge in [-0.15, -0.1) is 5.10 Å². The van der Waals surface area contributed by atoms with Crippen LogP contribution in [0.4, 0.5) is 5.82 Å². The third-order valence-electron chi connectivity index (χ3n) is 5.95. The minimum Gasteiger partial charge on any atom is -0.381 e. The van der Waals surface area contributed by atoms with Crippen molar-refractivity contribution in [2.45, 2.75) is 26.0 Å². The number of benzene rings is 2. The van der Waals surface area contributed by atoms with Crippen molar-refractivity contribution in [2.24, 2.45) is 0 Å². The average molecular weight is 493 g/mol. The van der Waals surface area contributed by atoms with Gasteiger partial charge in [-0.3, -0.25) is 14.2 Å². The highest BCUT2D eigenvalue weighted by molar-refractivity contribution is 6.04. The maximum Gasteiger partial charge on any atom is 0.264 e. The molecule has 2 aromatic carbocycles. The number of hydrogen-bond donors (Lipinski definition) is 3. The van der Waals surface area contributed by atoms with Crippen molar-refractivity contribution in [1.82, 2.24) is 24.5 Å². The van der Waals surface area contributed by atoms with Crippen LogP contribution in [0, 0.1) is 11.8 Å². The van der Waals surface area contributed by atoms with E-state index in [4.69, 9.17) is 5.73 Å². The van der Waals surface area contributed by atoms with Gasteiger partial charge in [0, 0.05) is 29.3 Å². The summed E-state index contributed by atoms with van der Waals surface area (Å²) in [5, 5.41) is 17.8. The van der Waals surface area contributed by atoms with E-state index in [0.717, 1.165) is 0 Å². The lowest BCUT2D eigenvalue weighted by atomic mass is 10.0. The number of aliphatic hydroxyl groups excluding tert-OH is 1. The lowest BCUT2D eigenvalue weighted by Gasteiger charge is -2.21. The summed E-state index contributed by atoms with van der Waals surface area (Å²) >= 11 is 0. The number of fused-ring (bicyclic) bond motifs is 2. The van der Waals surface area contributed by atoms with E-state index in [1.807, 2.05) is 42.5 Å². The predicted octanol–water partition coefficient (Wildman–Crippen LogP) is 2.84. The lowest BCUT2D eigenvalue weighted by molar-refractivity contribution is 0.0941. The highest BCUT2D eigenvalue weighted by Gasteiger charge is 2.23. The quantitative estimate of drug-likeness (QED) is 0.331. The number of pyridine rings is 1. The molecule has 3 aromatic heterocycles. The van der Waals surface area contributed by atoms with Crippen molar-refractivity contribution in [3.05, 3.63) is 100 Å². The molecule has 4 N–H and O–H groups in total. The number of para-hydroxylation sites is 1. The normalized spacial score (nSPS) is 12.6. The second-order valence-corrected chi connectivity index (χ2v) is 8.60. The molecular formula is C28H24N6O3. The molecule has 0 radical (unpaired) electrons. The minimum absolute atomic E-state index is 0.0590. The summed E-state index contributed by atoms with van der Waals surface area (Å²) in [5.41, 5.74) is 7.98. The fourth-order valence-electron chi connectivity index (χ4n) is 4.29. The molecule has 9 nitrogen and oxygen atoms in total. The molecule has 0 fully saturated rings. The zero-order valence-electron chi connectivity index (χ0n) is 20.2. The summed E-state index contributed by atoms with van der Waals surface area (Å²) in [7, 11) is 0. The predicted molar refractivity (Wildman–Crippen MR) is 141 cm³/mol. The van der Waals surface area contributed by atoms with Crippen molar-refractivity contribution < 1.29 is 9.90 Å². The van der Waals surface area contributed by atoms with Crippen molar-refractivity contribution in [3.63, 3.8) is 0 Å². The molecule has 0 aliphatic rings. The molecule has 0 aliphatic heterocycles. The molecule has 0 saturated carbocycles. The van der Waals surface area contributed by atoms with Crippen molar-refractivity contribution in [1.29, 1.82) is 0 Å². The van der Waals surface area contributed by atoms with Crippen LogP contribution < -0.4 is 16.6 Å². The molecule has 0 unspecified atom stereocenters. The number of hydrogen-bond acceptors (Lipinski definition) is 6. The van der Waals surface area contributed by atoms with Gasteiger partial charge < -0.3 is 16.2 Å². The molecule has 0 saturated heterocycles. The van der Waals surface area contributed by atoms with Gasteiger partial charge in [0.25, 0.3) is 11.5 Å². The SMILES string of the molecule is C[C@H](O)C#Cc1cccc2cc([C@@H](C)NC(=O)c3c(N)nn4cccnc34)n(-c3ccccc3)c(=O)c12. The van der Waals surface area contributed by atoms with Crippen LogP contribution in [0.3, 0.4) is 0 Å². The fourth-order valence-corrected chi connectivity index (χ4v) is 4.29. The summed E-state index contributed by atoms with van der Waals surface area (Å²) in [6.45, 7) is 3.36. The average Bonchev–Trinajstić information content (AvgIpc) is 3.23. The molecule has 9 heteroatoms. The molecule has 2 atom stereocenters. The Hall–Kier alpha value is -4.94. The number of nitrogens with two attached hydrogens (primary N) is 1. The molecule has 0 spiro atoms.